The van der Waals surface area contributed by atoms with Gasteiger partial charge in [0.1, 0.15) is 18.1 Å². The molecule has 1 aromatic heterocycles. The highest BCUT2D eigenvalue weighted by Gasteiger charge is 2.12. The standard InChI is InChI=1S/C18H18ClNO2/c1-12(2)20-15(9-13-3-4-14(19)10-18(13)20)11-22-17-7-5-16(21)6-8-17/h3-10,12,21H,11H2,1-2H3. The van der Waals surface area contributed by atoms with Crippen LogP contribution in [0.3, 0.4) is 0 Å². The van der Waals surface area contributed by atoms with Crippen LogP contribution in [-0.2, 0) is 6.61 Å². The molecule has 3 aromatic rings. The average molecular weight is 316 g/mol. The van der Waals surface area contributed by atoms with Gasteiger partial charge in [-0.05, 0) is 56.3 Å². The van der Waals surface area contributed by atoms with Crippen molar-refractivity contribution in [1.82, 2.24) is 4.57 Å². The third kappa shape index (κ3) is 2.90. The van der Waals surface area contributed by atoms with Crippen molar-refractivity contribution in [1.29, 1.82) is 0 Å². The maximum absolute atomic E-state index is 9.31. The molecule has 1 N–H and O–H groups in total. The number of rotatable bonds is 4. The van der Waals surface area contributed by atoms with Gasteiger partial charge < -0.3 is 14.4 Å². The summed E-state index contributed by atoms with van der Waals surface area (Å²) in [7, 11) is 0. The molecule has 0 bridgehead atoms. The Labute approximate surface area is 134 Å². The molecule has 3 rings (SSSR count). The summed E-state index contributed by atoms with van der Waals surface area (Å²) in [5.41, 5.74) is 2.21. The molecule has 0 fully saturated rings. The van der Waals surface area contributed by atoms with E-state index < -0.39 is 0 Å². The molecule has 0 amide bonds. The van der Waals surface area contributed by atoms with Crippen molar-refractivity contribution in [2.75, 3.05) is 0 Å². The van der Waals surface area contributed by atoms with Crippen LogP contribution in [0.25, 0.3) is 10.9 Å². The zero-order valence-corrected chi connectivity index (χ0v) is 13.3. The molecule has 0 aliphatic heterocycles. The van der Waals surface area contributed by atoms with Gasteiger partial charge in [0.25, 0.3) is 0 Å². The highest BCUT2D eigenvalue weighted by atomic mass is 35.5. The number of benzene rings is 2. The van der Waals surface area contributed by atoms with Crippen molar-refractivity contribution in [2.24, 2.45) is 0 Å². The van der Waals surface area contributed by atoms with E-state index in [1.807, 2.05) is 18.2 Å². The second-order valence-corrected chi connectivity index (χ2v) is 6.02. The number of ether oxygens (including phenoxy) is 1. The predicted octanol–water partition coefficient (Wildman–Crippen LogP) is 5.16. The number of phenols is 1. The Kier molecular flexibility index (Phi) is 3.99. The number of fused-ring (bicyclic) bond motifs is 1. The van der Waals surface area contributed by atoms with Gasteiger partial charge in [0, 0.05) is 16.5 Å². The summed E-state index contributed by atoms with van der Waals surface area (Å²) >= 11 is 6.12. The summed E-state index contributed by atoms with van der Waals surface area (Å²) < 4.78 is 8.07. The molecule has 0 aliphatic carbocycles. The summed E-state index contributed by atoms with van der Waals surface area (Å²) in [6.07, 6.45) is 0. The van der Waals surface area contributed by atoms with Gasteiger partial charge in [0.15, 0.2) is 0 Å². The number of nitrogens with zero attached hydrogens (tertiary/aromatic N) is 1. The summed E-state index contributed by atoms with van der Waals surface area (Å²) in [6.45, 7) is 4.75. The maximum Gasteiger partial charge on any atom is 0.128 e. The number of phenolic OH excluding ortho intramolecular Hbond substituents is 1. The lowest BCUT2D eigenvalue weighted by Crippen LogP contribution is -2.08. The molecule has 0 unspecified atom stereocenters. The van der Waals surface area contributed by atoms with Gasteiger partial charge in [-0.25, -0.2) is 0 Å². The van der Waals surface area contributed by atoms with E-state index in [1.165, 1.54) is 0 Å². The van der Waals surface area contributed by atoms with Crippen LogP contribution in [0.15, 0.2) is 48.5 Å². The van der Waals surface area contributed by atoms with E-state index in [4.69, 9.17) is 16.3 Å². The molecule has 4 heteroatoms. The lowest BCUT2D eigenvalue weighted by Gasteiger charge is -2.15. The normalized spacial score (nSPS) is 11.3. The zero-order valence-electron chi connectivity index (χ0n) is 12.6. The Balaban J connectivity index is 1.92. The second-order valence-electron chi connectivity index (χ2n) is 5.59. The van der Waals surface area contributed by atoms with Crippen molar-refractivity contribution < 1.29 is 9.84 Å². The third-order valence-corrected chi connectivity index (χ3v) is 3.86. The van der Waals surface area contributed by atoms with Crippen molar-refractivity contribution in [3.05, 3.63) is 59.2 Å². The first-order valence-electron chi connectivity index (χ1n) is 7.26. The Bertz CT molecular complexity index is 791. The fourth-order valence-electron chi connectivity index (χ4n) is 2.67. The smallest absolute Gasteiger partial charge is 0.128 e. The van der Waals surface area contributed by atoms with Crippen LogP contribution in [0.5, 0.6) is 11.5 Å². The van der Waals surface area contributed by atoms with Gasteiger partial charge >= 0.3 is 0 Å². The van der Waals surface area contributed by atoms with Gasteiger partial charge in [0.2, 0.25) is 0 Å². The van der Waals surface area contributed by atoms with E-state index in [0.717, 1.165) is 27.4 Å². The fourth-order valence-corrected chi connectivity index (χ4v) is 2.84. The number of hydrogen-bond acceptors (Lipinski definition) is 2. The second kappa shape index (κ2) is 5.93. The Morgan fingerprint density at radius 1 is 1.09 bits per heavy atom. The van der Waals surface area contributed by atoms with Crippen molar-refractivity contribution >= 4 is 22.5 Å². The molecule has 0 saturated carbocycles. The van der Waals surface area contributed by atoms with Crippen LogP contribution >= 0.6 is 11.6 Å². The molecule has 0 aliphatic rings. The molecular weight excluding hydrogens is 298 g/mol. The summed E-state index contributed by atoms with van der Waals surface area (Å²) in [5, 5.41) is 11.2. The topological polar surface area (TPSA) is 34.4 Å². The third-order valence-electron chi connectivity index (χ3n) is 3.62. The van der Waals surface area contributed by atoms with E-state index in [1.54, 1.807) is 24.3 Å². The maximum atomic E-state index is 9.31. The molecule has 0 saturated heterocycles. The van der Waals surface area contributed by atoms with Crippen LogP contribution in [0.1, 0.15) is 25.6 Å². The first kappa shape index (κ1) is 14.8. The van der Waals surface area contributed by atoms with E-state index in [0.29, 0.717) is 12.6 Å². The van der Waals surface area contributed by atoms with E-state index in [2.05, 4.69) is 24.5 Å². The number of hydrogen-bond donors (Lipinski definition) is 1. The first-order valence-corrected chi connectivity index (χ1v) is 7.63. The number of halogens is 1. The average Bonchev–Trinajstić information content (AvgIpc) is 2.84. The largest absolute Gasteiger partial charge is 0.508 e. The van der Waals surface area contributed by atoms with Crippen molar-refractivity contribution in [3.63, 3.8) is 0 Å². The van der Waals surface area contributed by atoms with Gasteiger partial charge in [-0.1, -0.05) is 17.7 Å². The number of aromatic hydroxyl groups is 1. The quantitative estimate of drug-likeness (QED) is 0.721. The molecule has 114 valence electrons. The van der Waals surface area contributed by atoms with Gasteiger partial charge in [-0.2, -0.15) is 0 Å². The molecular formula is C18H18ClNO2. The Hall–Kier alpha value is -2.13. The van der Waals surface area contributed by atoms with E-state index in [-0.39, 0.29) is 5.75 Å². The van der Waals surface area contributed by atoms with Crippen molar-refractivity contribution in [3.8, 4) is 11.5 Å². The lowest BCUT2D eigenvalue weighted by molar-refractivity contribution is 0.292. The van der Waals surface area contributed by atoms with Gasteiger partial charge in [0.05, 0.1) is 11.2 Å². The zero-order chi connectivity index (χ0) is 15.7. The molecule has 0 atom stereocenters. The molecule has 0 radical (unpaired) electrons. The highest BCUT2D eigenvalue weighted by Crippen LogP contribution is 2.28. The van der Waals surface area contributed by atoms with E-state index >= 15 is 0 Å². The monoisotopic (exact) mass is 315 g/mol. The molecule has 22 heavy (non-hydrogen) atoms. The molecule has 0 spiro atoms. The molecule has 1 heterocycles. The summed E-state index contributed by atoms with van der Waals surface area (Å²) in [4.78, 5) is 0. The van der Waals surface area contributed by atoms with Crippen LogP contribution in [0.4, 0.5) is 0 Å². The predicted molar refractivity (Wildman–Crippen MR) is 89.8 cm³/mol. The van der Waals surface area contributed by atoms with Crippen LogP contribution in [0, 0.1) is 0 Å². The summed E-state index contributed by atoms with van der Waals surface area (Å²) in [6, 6.07) is 15.1. The highest BCUT2D eigenvalue weighted by molar-refractivity contribution is 6.31. The van der Waals surface area contributed by atoms with Crippen molar-refractivity contribution in [2.45, 2.75) is 26.5 Å². The molecule has 2 aromatic carbocycles. The minimum atomic E-state index is 0.235. The van der Waals surface area contributed by atoms with Gasteiger partial charge in [-0.15, -0.1) is 0 Å². The summed E-state index contributed by atoms with van der Waals surface area (Å²) in [5.74, 6) is 0.967. The minimum absolute atomic E-state index is 0.235. The molecule has 3 nitrogen and oxygen atoms in total. The SMILES string of the molecule is CC(C)n1c(COc2ccc(O)cc2)cc2ccc(Cl)cc21. The first-order chi connectivity index (χ1) is 10.5. The fraction of sp³-hybridized carbons (Fsp3) is 0.222. The van der Waals surface area contributed by atoms with Crippen LogP contribution < -0.4 is 4.74 Å². The van der Waals surface area contributed by atoms with Crippen LogP contribution in [0.2, 0.25) is 5.02 Å². The van der Waals surface area contributed by atoms with E-state index in [9.17, 15) is 5.11 Å². The Morgan fingerprint density at radius 3 is 2.50 bits per heavy atom. The number of aromatic nitrogens is 1. The van der Waals surface area contributed by atoms with Gasteiger partial charge in [-0.3, -0.25) is 0 Å². The Morgan fingerprint density at radius 2 is 1.82 bits per heavy atom. The lowest BCUT2D eigenvalue weighted by atomic mass is 10.2. The minimum Gasteiger partial charge on any atom is -0.508 e. The van der Waals surface area contributed by atoms with Crippen LogP contribution in [-0.4, -0.2) is 9.67 Å².